The number of nitrogens with two attached hydrogens (primary N) is 1. The monoisotopic (exact) mass is 534 g/mol. The molecular formula is C37H34N4. The van der Waals surface area contributed by atoms with Gasteiger partial charge in [-0.05, 0) is 64.7 Å². The maximum absolute atomic E-state index is 6.26. The Morgan fingerprint density at radius 3 is 2.34 bits per heavy atom. The normalized spacial score (nSPS) is 14.8. The van der Waals surface area contributed by atoms with Crippen LogP contribution in [0.2, 0.25) is 0 Å². The largest absolute Gasteiger partial charge is 0.385 e. The van der Waals surface area contributed by atoms with Crippen LogP contribution in [0.15, 0.2) is 151 Å². The predicted molar refractivity (Wildman–Crippen MR) is 174 cm³/mol. The molecule has 1 heterocycles. The van der Waals surface area contributed by atoms with Crippen LogP contribution in [-0.4, -0.2) is 7.05 Å². The van der Waals surface area contributed by atoms with Crippen LogP contribution in [0.25, 0.3) is 33.0 Å². The molecule has 1 aliphatic heterocycles. The summed E-state index contributed by atoms with van der Waals surface area (Å²) in [5, 5.41) is 9.88. The quantitative estimate of drug-likeness (QED) is 0.196. The van der Waals surface area contributed by atoms with Crippen molar-refractivity contribution >= 4 is 22.1 Å². The molecule has 0 amide bonds. The van der Waals surface area contributed by atoms with E-state index >= 15 is 0 Å². The van der Waals surface area contributed by atoms with Gasteiger partial charge in [0.05, 0.1) is 11.9 Å². The number of nitrogens with one attached hydrogen (secondary N) is 2. The third-order valence-electron chi connectivity index (χ3n) is 7.67. The van der Waals surface area contributed by atoms with E-state index < -0.39 is 0 Å². The van der Waals surface area contributed by atoms with E-state index in [-0.39, 0.29) is 6.04 Å². The Morgan fingerprint density at radius 2 is 1.49 bits per heavy atom. The molecule has 0 aliphatic carbocycles. The minimum atomic E-state index is 0.0715. The number of hydrogen-bond donors (Lipinski definition) is 3. The fourth-order valence-corrected chi connectivity index (χ4v) is 5.49. The summed E-state index contributed by atoms with van der Waals surface area (Å²) in [6.07, 6.45) is 8.34. The van der Waals surface area contributed by atoms with Crippen molar-refractivity contribution in [1.82, 2.24) is 5.32 Å². The first-order valence-electron chi connectivity index (χ1n) is 14.0. The van der Waals surface area contributed by atoms with Crippen molar-refractivity contribution in [3.63, 3.8) is 0 Å². The zero-order valence-electron chi connectivity index (χ0n) is 23.4. The molecule has 1 unspecified atom stereocenters. The molecule has 0 fully saturated rings. The lowest BCUT2D eigenvalue weighted by Crippen LogP contribution is -2.26. The number of para-hydroxylation sites is 2. The summed E-state index contributed by atoms with van der Waals surface area (Å²) < 4.78 is 0. The highest BCUT2D eigenvalue weighted by Gasteiger charge is 2.17. The van der Waals surface area contributed by atoms with Gasteiger partial charge in [0.15, 0.2) is 0 Å². The first kappa shape index (κ1) is 26.0. The fraction of sp³-hybridized carbons (Fsp3) is 0.0811. The molecule has 1 aliphatic rings. The molecule has 4 nitrogen and oxygen atoms in total. The highest BCUT2D eigenvalue weighted by Crippen LogP contribution is 2.36. The standard InChI is InChI=1S/C37H34N4/c1-3-36(38)41(2)35-23-9-7-19-31(35)28-16-10-15-27(25-28)30-18-6-8-21-33(30)39-37-24-12-22-34(40-37)32-20-11-14-26-13-4-5-17-29(26)32/h3-25,34,39-40H,38H2,1-2H3/b36-3+. The Bertz CT molecular complexity index is 1790. The topological polar surface area (TPSA) is 53.3 Å². The van der Waals surface area contributed by atoms with Gasteiger partial charge in [0, 0.05) is 29.5 Å². The Balaban J connectivity index is 1.30. The molecule has 5 aromatic carbocycles. The van der Waals surface area contributed by atoms with E-state index in [2.05, 4.69) is 138 Å². The van der Waals surface area contributed by atoms with Gasteiger partial charge in [0.2, 0.25) is 0 Å². The van der Waals surface area contributed by atoms with Crippen molar-refractivity contribution in [2.24, 2.45) is 5.73 Å². The van der Waals surface area contributed by atoms with E-state index in [4.69, 9.17) is 5.73 Å². The molecule has 1 atom stereocenters. The lowest BCUT2D eigenvalue weighted by molar-refractivity contribution is 0.713. The number of hydrogen-bond acceptors (Lipinski definition) is 4. The Hall–Kier alpha value is -5.22. The van der Waals surface area contributed by atoms with Gasteiger partial charge in [-0.25, -0.2) is 0 Å². The minimum Gasteiger partial charge on any atom is -0.385 e. The van der Waals surface area contributed by atoms with Crippen LogP contribution in [0.3, 0.4) is 0 Å². The van der Waals surface area contributed by atoms with Crippen molar-refractivity contribution in [3.05, 3.63) is 157 Å². The molecule has 0 radical (unpaired) electrons. The van der Waals surface area contributed by atoms with Crippen LogP contribution in [0.4, 0.5) is 11.4 Å². The van der Waals surface area contributed by atoms with Gasteiger partial charge in [-0.1, -0.05) is 109 Å². The second kappa shape index (κ2) is 11.5. The van der Waals surface area contributed by atoms with E-state index in [9.17, 15) is 0 Å². The summed E-state index contributed by atoms with van der Waals surface area (Å²) in [5.41, 5.74) is 14.2. The SMILES string of the molecule is C/C=C(\N)N(C)c1ccccc1-c1cccc(-c2ccccc2NC2=CC=CC(c3cccc4ccccc34)N2)c1. The number of benzene rings is 5. The molecule has 5 aromatic rings. The first-order valence-corrected chi connectivity index (χ1v) is 14.0. The van der Waals surface area contributed by atoms with E-state index in [0.717, 1.165) is 39.4 Å². The summed E-state index contributed by atoms with van der Waals surface area (Å²) >= 11 is 0. The molecule has 4 N–H and O–H groups in total. The molecule has 0 spiro atoms. The van der Waals surface area contributed by atoms with Crippen molar-refractivity contribution in [2.75, 3.05) is 17.3 Å². The van der Waals surface area contributed by atoms with Crippen LogP contribution in [-0.2, 0) is 0 Å². The maximum Gasteiger partial charge on any atom is 0.104 e. The van der Waals surface area contributed by atoms with Crippen molar-refractivity contribution < 1.29 is 0 Å². The molecule has 6 rings (SSSR count). The summed E-state index contributed by atoms with van der Waals surface area (Å²) in [6, 6.07) is 40.6. The molecule has 0 aromatic heterocycles. The van der Waals surface area contributed by atoms with Crippen LogP contribution in [0.1, 0.15) is 18.5 Å². The summed E-state index contributed by atoms with van der Waals surface area (Å²) in [6.45, 7) is 1.95. The zero-order valence-corrected chi connectivity index (χ0v) is 23.4. The number of rotatable bonds is 7. The van der Waals surface area contributed by atoms with Crippen LogP contribution in [0, 0.1) is 0 Å². The van der Waals surface area contributed by atoms with E-state index in [1.165, 1.54) is 16.3 Å². The summed E-state index contributed by atoms with van der Waals surface area (Å²) in [4.78, 5) is 2.03. The average molecular weight is 535 g/mol. The number of anilines is 2. The summed E-state index contributed by atoms with van der Waals surface area (Å²) in [7, 11) is 2.00. The minimum absolute atomic E-state index is 0.0715. The molecule has 0 bridgehead atoms. The molecule has 0 saturated carbocycles. The smallest absolute Gasteiger partial charge is 0.104 e. The average Bonchev–Trinajstić information content (AvgIpc) is 3.04. The van der Waals surface area contributed by atoms with Crippen molar-refractivity contribution in [3.8, 4) is 22.3 Å². The lowest BCUT2D eigenvalue weighted by atomic mass is 9.96. The van der Waals surface area contributed by atoms with Gasteiger partial charge < -0.3 is 21.3 Å². The Labute approximate surface area is 242 Å². The van der Waals surface area contributed by atoms with Gasteiger partial charge in [0.25, 0.3) is 0 Å². The number of fused-ring (bicyclic) bond motifs is 1. The van der Waals surface area contributed by atoms with E-state index in [1.807, 2.05) is 31.0 Å². The summed E-state index contributed by atoms with van der Waals surface area (Å²) in [5.74, 6) is 1.68. The van der Waals surface area contributed by atoms with Gasteiger partial charge in [-0.2, -0.15) is 0 Å². The van der Waals surface area contributed by atoms with E-state index in [0.29, 0.717) is 5.82 Å². The molecule has 202 valence electrons. The third-order valence-corrected chi connectivity index (χ3v) is 7.67. The molecule has 41 heavy (non-hydrogen) atoms. The van der Waals surface area contributed by atoms with Crippen LogP contribution in [0.5, 0.6) is 0 Å². The molecular weight excluding hydrogens is 500 g/mol. The first-order chi connectivity index (χ1) is 20.1. The maximum atomic E-state index is 6.26. The van der Waals surface area contributed by atoms with Crippen molar-refractivity contribution in [1.29, 1.82) is 0 Å². The highest BCUT2D eigenvalue weighted by molar-refractivity contribution is 5.87. The van der Waals surface area contributed by atoms with Crippen LogP contribution < -0.4 is 21.3 Å². The Morgan fingerprint density at radius 1 is 0.805 bits per heavy atom. The highest BCUT2D eigenvalue weighted by atomic mass is 15.2. The fourth-order valence-electron chi connectivity index (χ4n) is 5.49. The van der Waals surface area contributed by atoms with Gasteiger partial charge in [-0.15, -0.1) is 0 Å². The van der Waals surface area contributed by atoms with Gasteiger partial charge >= 0.3 is 0 Å². The number of nitrogens with zero attached hydrogens (tertiary/aromatic N) is 1. The number of allylic oxidation sites excluding steroid dienone is 3. The van der Waals surface area contributed by atoms with Gasteiger partial charge in [0.1, 0.15) is 5.82 Å². The second-order valence-electron chi connectivity index (χ2n) is 10.2. The molecule has 0 saturated heterocycles. The zero-order chi connectivity index (χ0) is 28.2. The van der Waals surface area contributed by atoms with Crippen molar-refractivity contribution in [2.45, 2.75) is 13.0 Å². The number of dihydropyridines is 1. The van der Waals surface area contributed by atoms with Crippen LogP contribution >= 0.6 is 0 Å². The van der Waals surface area contributed by atoms with E-state index in [1.54, 1.807) is 0 Å². The lowest BCUT2D eigenvalue weighted by Gasteiger charge is -2.25. The van der Waals surface area contributed by atoms with Gasteiger partial charge in [-0.3, -0.25) is 0 Å². The molecule has 4 heteroatoms. The third kappa shape index (κ3) is 5.32. The second-order valence-corrected chi connectivity index (χ2v) is 10.2. The predicted octanol–water partition coefficient (Wildman–Crippen LogP) is 8.58. The Kier molecular flexibility index (Phi) is 7.29.